The molecule has 0 unspecified atom stereocenters. The van der Waals surface area contributed by atoms with Crippen LogP contribution in [-0.4, -0.2) is 48.0 Å². The first-order chi connectivity index (χ1) is 11.1. The fraction of sp³-hybridized carbons (Fsp3) is 0.353. The Labute approximate surface area is 135 Å². The van der Waals surface area contributed by atoms with E-state index in [1.807, 2.05) is 16.8 Å². The predicted octanol–water partition coefficient (Wildman–Crippen LogP) is 1.89. The molecule has 0 spiro atoms. The average Bonchev–Trinajstić information content (AvgIpc) is 2.69. The summed E-state index contributed by atoms with van der Waals surface area (Å²) in [4.78, 5) is 25.0. The molecule has 23 heavy (non-hydrogen) atoms. The number of rotatable bonds is 3. The zero-order valence-electron chi connectivity index (χ0n) is 13.6. The summed E-state index contributed by atoms with van der Waals surface area (Å²) in [5.41, 5.74) is 2.84. The van der Waals surface area contributed by atoms with E-state index in [0.29, 0.717) is 31.0 Å². The minimum absolute atomic E-state index is 0.0485. The Morgan fingerprint density at radius 2 is 1.96 bits per heavy atom. The molecule has 0 bridgehead atoms. The number of ether oxygens (including phenoxy) is 1. The van der Waals surface area contributed by atoms with E-state index >= 15 is 0 Å². The van der Waals surface area contributed by atoms with E-state index in [0.717, 1.165) is 5.56 Å². The van der Waals surface area contributed by atoms with Gasteiger partial charge in [-0.1, -0.05) is 29.8 Å². The van der Waals surface area contributed by atoms with Crippen LogP contribution in [0.1, 0.15) is 21.5 Å². The Balaban J connectivity index is 1.89. The Morgan fingerprint density at radius 1 is 1.22 bits per heavy atom. The Kier molecular flexibility index (Phi) is 4.14. The van der Waals surface area contributed by atoms with Gasteiger partial charge in [0.25, 0.3) is 5.91 Å². The molecule has 1 amide bonds. The zero-order chi connectivity index (χ0) is 16.4. The van der Waals surface area contributed by atoms with Crippen LogP contribution in [0.4, 0.5) is 5.82 Å². The molecule has 2 aromatic rings. The molecule has 1 aliphatic rings. The molecular weight excluding hydrogens is 292 g/mol. The van der Waals surface area contributed by atoms with E-state index in [2.05, 4.69) is 41.2 Å². The quantitative estimate of drug-likeness (QED) is 0.866. The van der Waals surface area contributed by atoms with Gasteiger partial charge < -0.3 is 14.5 Å². The monoisotopic (exact) mass is 312 g/mol. The van der Waals surface area contributed by atoms with Crippen molar-refractivity contribution in [3.63, 3.8) is 0 Å². The second-order valence-corrected chi connectivity index (χ2v) is 5.73. The van der Waals surface area contributed by atoms with Gasteiger partial charge in [-0.3, -0.25) is 4.79 Å². The summed E-state index contributed by atoms with van der Waals surface area (Å²) in [5.74, 6) is 0.570. The van der Waals surface area contributed by atoms with Crippen LogP contribution in [0.5, 0.6) is 6.01 Å². The van der Waals surface area contributed by atoms with Crippen LogP contribution in [-0.2, 0) is 6.54 Å². The Morgan fingerprint density at radius 3 is 2.65 bits per heavy atom. The molecule has 6 heteroatoms. The van der Waals surface area contributed by atoms with Crippen molar-refractivity contribution in [2.75, 3.05) is 32.1 Å². The highest BCUT2D eigenvalue weighted by molar-refractivity contribution is 5.99. The number of anilines is 1. The summed E-state index contributed by atoms with van der Waals surface area (Å²) in [5, 5.41) is 0. The van der Waals surface area contributed by atoms with Gasteiger partial charge in [0.2, 0.25) is 0 Å². The summed E-state index contributed by atoms with van der Waals surface area (Å²) < 4.78 is 5.06. The number of hydrogen-bond acceptors (Lipinski definition) is 5. The topological polar surface area (TPSA) is 58.6 Å². The molecule has 1 aliphatic heterocycles. The van der Waals surface area contributed by atoms with E-state index in [9.17, 15) is 4.79 Å². The minimum atomic E-state index is -0.0485. The molecule has 0 fully saturated rings. The number of hydrogen-bond donors (Lipinski definition) is 0. The maximum absolute atomic E-state index is 12.8. The van der Waals surface area contributed by atoms with Gasteiger partial charge >= 0.3 is 6.01 Å². The number of nitrogens with zero attached hydrogens (tertiary/aromatic N) is 4. The maximum atomic E-state index is 12.8. The third-order valence-electron chi connectivity index (χ3n) is 4.01. The highest BCUT2D eigenvalue weighted by Gasteiger charge is 2.27. The number of benzene rings is 1. The third-order valence-corrected chi connectivity index (χ3v) is 4.01. The fourth-order valence-corrected chi connectivity index (χ4v) is 2.61. The molecule has 0 atom stereocenters. The van der Waals surface area contributed by atoms with Gasteiger partial charge in [-0.25, -0.2) is 4.98 Å². The van der Waals surface area contributed by atoms with Gasteiger partial charge in [0.15, 0.2) is 0 Å². The predicted molar refractivity (Wildman–Crippen MR) is 87.8 cm³/mol. The smallest absolute Gasteiger partial charge is 0.318 e. The number of aryl methyl sites for hydroxylation is 1. The van der Waals surface area contributed by atoms with E-state index in [1.165, 1.54) is 12.7 Å². The molecule has 0 N–H and O–H groups in total. The number of amides is 1. The van der Waals surface area contributed by atoms with Crippen molar-refractivity contribution < 1.29 is 9.53 Å². The van der Waals surface area contributed by atoms with Crippen molar-refractivity contribution >= 4 is 11.7 Å². The molecule has 1 aromatic carbocycles. The summed E-state index contributed by atoms with van der Waals surface area (Å²) in [6.07, 6.45) is 1.55. The van der Waals surface area contributed by atoms with E-state index in [4.69, 9.17) is 4.74 Å². The van der Waals surface area contributed by atoms with Crippen molar-refractivity contribution in [3.8, 4) is 6.01 Å². The number of carbonyl (C=O) groups excluding carboxylic acids is 1. The molecule has 0 radical (unpaired) electrons. The second-order valence-electron chi connectivity index (χ2n) is 5.73. The molecule has 6 nitrogen and oxygen atoms in total. The normalized spacial score (nSPS) is 14.5. The molecule has 0 aliphatic carbocycles. The Hall–Kier alpha value is -2.63. The molecular formula is C17H20N4O2. The van der Waals surface area contributed by atoms with E-state index in [-0.39, 0.29) is 11.9 Å². The summed E-state index contributed by atoms with van der Waals surface area (Å²) >= 11 is 0. The largest absolute Gasteiger partial charge is 0.467 e. The lowest BCUT2D eigenvalue weighted by Crippen LogP contribution is -2.33. The molecule has 0 saturated heterocycles. The molecule has 3 rings (SSSR count). The lowest BCUT2D eigenvalue weighted by Gasteiger charge is -2.21. The highest BCUT2D eigenvalue weighted by atomic mass is 16.5. The minimum Gasteiger partial charge on any atom is -0.467 e. The van der Waals surface area contributed by atoms with Gasteiger partial charge in [0.05, 0.1) is 7.11 Å². The number of carbonyl (C=O) groups is 1. The van der Waals surface area contributed by atoms with Crippen LogP contribution in [0, 0.1) is 6.92 Å². The number of methoxy groups -OCH3 is 1. The van der Waals surface area contributed by atoms with Crippen LogP contribution in [0.25, 0.3) is 0 Å². The van der Waals surface area contributed by atoms with Gasteiger partial charge in [-0.2, -0.15) is 4.98 Å². The summed E-state index contributed by atoms with van der Waals surface area (Å²) in [6, 6.07) is 8.51. The van der Waals surface area contributed by atoms with Crippen molar-refractivity contribution in [2.45, 2.75) is 13.5 Å². The van der Waals surface area contributed by atoms with Crippen molar-refractivity contribution in [1.82, 2.24) is 14.9 Å². The van der Waals surface area contributed by atoms with Gasteiger partial charge in [0.1, 0.15) is 11.4 Å². The molecule has 120 valence electrons. The van der Waals surface area contributed by atoms with Crippen LogP contribution in [0.2, 0.25) is 0 Å². The Bertz CT molecular complexity index is 715. The first-order valence-electron chi connectivity index (χ1n) is 7.55. The van der Waals surface area contributed by atoms with Crippen LogP contribution < -0.4 is 9.64 Å². The molecule has 0 saturated carbocycles. The van der Waals surface area contributed by atoms with E-state index in [1.54, 1.807) is 6.20 Å². The second kappa shape index (κ2) is 6.24. The summed E-state index contributed by atoms with van der Waals surface area (Å²) in [6.45, 7) is 3.99. The van der Waals surface area contributed by atoms with Gasteiger partial charge in [0, 0.05) is 32.9 Å². The molecule has 2 heterocycles. The number of likely N-dealkylation sites (N-methyl/N-ethyl adjacent to an activating group) is 1. The maximum Gasteiger partial charge on any atom is 0.318 e. The first kappa shape index (κ1) is 15.3. The number of fused-ring (bicyclic) bond motifs is 1. The lowest BCUT2D eigenvalue weighted by atomic mass is 10.1. The zero-order valence-corrected chi connectivity index (χ0v) is 13.6. The van der Waals surface area contributed by atoms with Crippen molar-refractivity contribution in [2.24, 2.45) is 0 Å². The lowest BCUT2D eigenvalue weighted by molar-refractivity contribution is 0.0754. The SMILES string of the molecule is COc1ncc2c(n1)N(C)CCN(Cc1ccc(C)cc1)C2=O. The standard InChI is InChI=1S/C17H20N4O2/c1-12-4-6-13(7-5-12)11-21-9-8-20(2)15-14(16(21)22)10-18-17(19-15)23-3/h4-7,10H,8-9,11H2,1-3H3. The van der Waals surface area contributed by atoms with Crippen LogP contribution >= 0.6 is 0 Å². The molecule has 1 aromatic heterocycles. The average molecular weight is 312 g/mol. The van der Waals surface area contributed by atoms with Gasteiger partial charge in [-0.05, 0) is 12.5 Å². The summed E-state index contributed by atoms with van der Waals surface area (Å²) in [7, 11) is 3.44. The number of aromatic nitrogens is 2. The van der Waals surface area contributed by atoms with Gasteiger partial charge in [-0.15, -0.1) is 0 Å². The van der Waals surface area contributed by atoms with Crippen LogP contribution in [0.15, 0.2) is 30.5 Å². The van der Waals surface area contributed by atoms with Crippen molar-refractivity contribution in [3.05, 3.63) is 47.2 Å². The highest BCUT2D eigenvalue weighted by Crippen LogP contribution is 2.24. The van der Waals surface area contributed by atoms with E-state index < -0.39 is 0 Å². The first-order valence-corrected chi connectivity index (χ1v) is 7.55. The van der Waals surface area contributed by atoms with Crippen molar-refractivity contribution in [1.29, 1.82) is 0 Å². The fourth-order valence-electron chi connectivity index (χ4n) is 2.61. The van der Waals surface area contributed by atoms with Crippen LogP contribution in [0.3, 0.4) is 0 Å². The third kappa shape index (κ3) is 3.11.